The second-order valence-electron chi connectivity index (χ2n) is 3.66. The van der Waals surface area contributed by atoms with Crippen LogP contribution in [0.1, 0.15) is 30.4 Å². The normalized spacial score (nSPS) is 11.5. The Morgan fingerprint density at radius 1 is 1.37 bits per heavy atom. The molecule has 0 fully saturated rings. The molecule has 0 aliphatic carbocycles. The number of carbonyl (C=O) groups is 1. The van der Waals surface area contributed by atoms with Crippen molar-refractivity contribution < 1.29 is 13.2 Å². The molecule has 1 amide bonds. The number of thioether (sulfide) groups is 1. The lowest BCUT2D eigenvalue weighted by Gasteiger charge is -2.04. The largest absolute Gasteiger partial charge is 0.396 e. The molecule has 0 aromatic carbocycles. The first-order chi connectivity index (χ1) is 8.88. The molecule has 8 heteroatoms. The van der Waals surface area contributed by atoms with Gasteiger partial charge in [-0.25, -0.2) is 8.42 Å². The van der Waals surface area contributed by atoms with Crippen molar-refractivity contribution >= 4 is 44.5 Å². The smallest absolute Gasteiger partial charge is 0.263 e. The SMILES string of the molecule is CCNC(=O)c1sc(SCC)c(S(=O)(=O)CC)c1N. The first kappa shape index (κ1) is 16.3. The van der Waals surface area contributed by atoms with Gasteiger partial charge in [0.2, 0.25) is 0 Å². The average Bonchev–Trinajstić information content (AvgIpc) is 2.68. The van der Waals surface area contributed by atoms with E-state index in [1.165, 1.54) is 11.8 Å². The maximum atomic E-state index is 12.1. The van der Waals surface area contributed by atoms with E-state index in [1.807, 2.05) is 6.92 Å². The van der Waals surface area contributed by atoms with Crippen LogP contribution in [0.2, 0.25) is 0 Å². The molecule has 1 aromatic heterocycles. The van der Waals surface area contributed by atoms with Crippen LogP contribution in [0.3, 0.4) is 0 Å². The summed E-state index contributed by atoms with van der Waals surface area (Å²) in [7, 11) is -3.42. The third-order valence-corrected chi connectivity index (χ3v) is 6.80. The third kappa shape index (κ3) is 3.43. The molecule has 0 aliphatic rings. The molecule has 0 unspecified atom stereocenters. The number of sulfone groups is 1. The van der Waals surface area contributed by atoms with Crippen LogP contribution < -0.4 is 11.1 Å². The van der Waals surface area contributed by atoms with Gasteiger partial charge in [0.05, 0.1) is 15.6 Å². The second-order valence-corrected chi connectivity index (χ2v) is 8.43. The molecule has 0 spiro atoms. The molecule has 1 aromatic rings. The summed E-state index contributed by atoms with van der Waals surface area (Å²) in [4.78, 5) is 12.3. The van der Waals surface area contributed by atoms with Crippen LogP contribution in [0.15, 0.2) is 9.10 Å². The maximum absolute atomic E-state index is 12.1. The van der Waals surface area contributed by atoms with Crippen LogP contribution in [0, 0.1) is 0 Å². The highest BCUT2D eigenvalue weighted by Crippen LogP contribution is 2.41. The second kappa shape index (κ2) is 6.62. The van der Waals surface area contributed by atoms with Crippen molar-refractivity contribution in [1.82, 2.24) is 5.32 Å². The highest BCUT2D eigenvalue weighted by molar-refractivity contribution is 8.02. The summed E-state index contributed by atoms with van der Waals surface area (Å²) < 4.78 is 24.8. The van der Waals surface area contributed by atoms with Crippen molar-refractivity contribution in [2.75, 3.05) is 23.8 Å². The van der Waals surface area contributed by atoms with E-state index in [-0.39, 0.29) is 27.1 Å². The first-order valence-electron chi connectivity index (χ1n) is 5.94. The fraction of sp³-hybridized carbons (Fsp3) is 0.545. The van der Waals surface area contributed by atoms with Gasteiger partial charge in [0.25, 0.3) is 5.91 Å². The highest BCUT2D eigenvalue weighted by Gasteiger charge is 2.28. The van der Waals surface area contributed by atoms with Crippen LogP contribution in [0.5, 0.6) is 0 Å². The topological polar surface area (TPSA) is 89.3 Å². The number of nitrogens with two attached hydrogens (primary N) is 1. The van der Waals surface area contributed by atoms with Crippen molar-refractivity contribution in [3.63, 3.8) is 0 Å². The Hall–Kier alpha value is -0.730. The minimum Gasteiger partial charge on any atom is -0.396 e. The number of rotatable bonds is 6. The summed E-state index contributed by atoms with van der Waals surface area (Å²) in [6.45, 7) is 5.77. The van der Waals surface area contributed by atoms with E-state index in [4.69, 9.17) is 5.73 Å². The van der Waals surface area contributed by atoms with Gasteiger partial charge in [-0.3, -0.25) is 4.79 Å². The van der Waals surface area contributed by atoms with Crippen LogP contribution in [0.4, 0.5) is 5.69 Å². The average molecular weight is 322 g/mol. The Morgan fingerprint density at radius 2 is 2.00 bits per heavy atom. The molecule has 0 aliphatic heterocycles. The Morgan fingerprint density at radius 3 is 2.47 bits per heavy atom. The summed E-state index contributed by atoms with van der Waals surface area (Å²) in [5.74, 6) is 0.377. The standard InChI is InChI=1S/C11H18N2O3S3/c1-4-13-10(14)8-7(12)9(19(15,16)6-3)11(18-8)17-5-2/h4-6,12H2,1-3H3,(H,13,14). The zero-order chi connectivity index (χ0) is 14.6. The zero-order valence-electron chi connectivity index (χ0n) is 11.1. The number of nitrogens with one attached hydrogen (secondary N) is 1. The minimum absolute atomic E-state index is 0.0277. The number of carbonyl (C=O) groups excluding carboxylic acids is 1. The van der Waals surface area contributed by atoms with Crippen LogP contribution in [-0.2, 0) is 9.84 Å². The van der Waals surface area contributed by atoms with E-state index < -0.39 is 9.84 Å². The number of nitrogen functional groups attached to an aromatic ring is 1. The Balaban J connectivity index is 3.41. The molecule has 1 rings (SSSR count). The van der Waals surface area contributed by atoms with Crippen LogP contribution in [0.25, 0.3) is 0 Å². The van der Waals surface area contributed by atoms with E-state index in [9.17, 15) is 13.2 Å². The molecule has 0 atom stereocenters. The molecule has 19 heavy (non-hydrogen) atoms. The Bertz CT molecular complexity index is 564. The van der Waals surface area contributed by atoms with Gasteiger partial charge in [-0.15, -0.1) is 23.1 Å². The van der Waals surface area contributed by atoms with E-state index in [0.29, 0.717) is 10.8 Å². The molecule has 3 N–H and O–H groups in total. The molecular formula is C11H18N2O3S3. The lowest BCUT2D eigenvalue weighted by Crippen LogP contribution is -2.22. The minimum atomic E-state index is -3.42. The predicted octanol–water partition coefficient (Wildman–Crippen LogP) is 1.99. The zero-order valence-corrected chi connectivity index (χ0v) is 13.6. The molecule has 0 radical (unpaired) electrons. The van der Waals surface area contributed by atoms with Crippen molar-refractivity contribution in [3.8, 4) is 0 Å². The van der Waals surface area contributed by atoms with E-state index in [1.54, 1.807) is 13.8 Å². The highest BCUT2D eigenvalue weighted by atomic mass is 32.2. The predicted molar refractivity (Wildman–Crippen MR) is 80.9 cm³/mol. The summed E-state index contributed by atoms with van der Waals surface area (Å²) in [5.41, 5.74) is 5.96. The van der Waals surface area contributed by atoms with Gasteiger partial charge in [0.15, 0.2) is 9.84 Å². The van der Waals surface area contributed by atoms with Gasteiger partial charge >= 0.3 is 0 Å². The lowest BCUT2D eigenvalue weighted by molar-refractivity contribution is 0.0960. The first-order valence-corrected chi connectivity index (χ1v) is 9.40. The van der Waals surface area contributed by atoms with Crippen molar-refractivity contribution in [2.45, 2.75) is 29.9 Å². The fourth-order valence-corrected chi connectivity index (χ4v) is 5.70. The maximum Gasteiger partial charge on any atom is 0.263 e. The Kier molecular flexibility index (Phi) is 5.69. The quantitative estimate of drug-likeness (QED) is 0.782. The van der Waals surface area contributed by atoms with Gasteiger partial charge in [-0.1, -0.05) is 13.8 Å². The summed E-state index contributed by atoms with van der Waals surface area (Å²) in [5, 5.41) is 2.64. The van der Waals surface area contributed by atoms with Crippen LogP contribution >= 0.6 is 23.1 Å². The van der Waals surface area contributed by atoms with Crippen LogP contribution in [-0.4, -0.2) is 32.4 Å². The summed E-state index contributed by atoms with van der Waals surface area (Å²) >= 11 is 2.54. The van der Waals surface area contributed by atoms with Gasteiger partial charge in [-0.05, 0) is 12.7 Å². The fourth-order valence-electron chi connectivity index (χ4n) is 1.48. The number of hydrogen-bond donors (Lipinski definition) is 2. The van der Waals surface area contributed by atoms with Crippen molar-refractivity contribution in [1.29, 1.82) is 0 Å². The van der Waals surface area contributed by atoms with Gasteiger partial charge in [0, 0.05) is 6.54 Å². The monoisotopic (exact) mass is 322 g/mol. The van der Waals surface area contributed by atoms with E-state index in [0.717, 1.165) is 17.1 Å². The molecule has 108 valence electrons. The number of thiophene rings is 1. The number of anilines is 1. The summed E-state index contributed by atoms with van der Waals surface area (Å²) in [6.07, 6.45) is 0. The van der Waals surface area contributed by atoms with E-state index >= 15 is 0 Å². The lowest BCUT2D eigenvalue weighted by atomic mass is 10.4. The van der Waals surface area contributed by atoms with Gasteiger partial charge < -0.3 is 11.1 Å². The molecular weight excluding hydrogens is 304 g/mol. The van der Waals surface area contributed by atoms with E-state index in [2.05, 4.69) is 5.32 Å². The molecule has 0 saturated heterocycles. The van der Waals surface area contributed by atoms with Crippen molar-refractivity contribution in [2.24, 2.45) is 0 Å². The Labute approximate surface area is 121 Å². The van der Waals surface area contributed by atoms with Gasteiger partial charge in [-0.2, -0.15) is 0 Å². The molecule has 1 heterocycles. The third-order valence-electron chi connectivity index (χ3n) is 2.38. The molecule has 0 saturated carbocycles. The molecule has 5 nitrogen and oxygen atoms in total. The van der Waals surface area contributed by atoms with Crippen molar-refractivity contribution in [3.05, 3.63) is 4.88 Å². The number of amides is 1. The van der Waals surface area contributed by atoms with Gasteiger partial charge in [0.1, 0.15) is 9.77 Å². The number of hydrogen-bond acceptors (Lipinski definition) is 6. The molecule has 0 bridgehead atoms. The summed E-state index contributed by atoms with van der Waals surface area (Å²) in [6, 6.07) is 0.